The van der Waals surface area contributed by atoms with Crippen LogP contribution in [-0.4, -0.2) is 37.5 Å². The first-order chi connectivity index (χ1) is 9.12. The van der Waals surface area contributed by atoms with Gasteiger partial charge in [-0.25, -0.2) is 0 Å². The smallest absolute Gasteiger partial charge is 0.260 e. The standard InChI is InChI=1S/C14H17NO4/c1-4-13(16)15-6-5-9-7-11(18-2)12(19-3)8-10(9)14(15)17/h7-8H,4-6H2,1-3H3. The number of methoxy groups -OCH3 is 2. The topological polar surface area (TPSA) is 55.8 Å². The summed E-state index contributed by atoms with van der Waals surface area (Å²) in [5, 5.41) is 0. The SMILES string of the molecule is CCC(=O)N1CCc2cc(OC)c(OC)cc2C1=O. The van der Waals surface area contributed by atoms with Crippen molar-refractivity contribution in [1.29, 1.82) is 0 Å². The van der Waals surface area contributed by atoms with Crippen LogP contribution in [0.5, 0.6) is 11.5 Å². The predicted molar refractivity (Wildman–Crippen MR) is 69.6 cm³/mol. The summed E-state index contributed by atoms with van der Waals surface area (Å²) in [5.41, 5.74) is 1.41. The molecule has 1 heterocycles. The monoisotopic (exact) mass is 263 g/mol. The maximum absolute atomic E-state index is 12.3. The molecule has 0 spiro atoms. The van der Waals surface area contributed by atoms with Gasteiger partial charge in [-0.3, -0.25) is 14.5 Å². The molecular weight excluding hydrogens is 246 g/mol. The Morgan fingerprint density at radius 1 is 1.26 bits per heavy atom. The Bertz CT molecular complexity index is 524. The third-order valence-electron chi connectivity index (χ3n) is 3.29. The van der Waals surface area contributed by atoms with Crippen molar-refractivity contribution >= 4 is 11.8 Å². The Morgan fingerprint density at radius 2 is 1.89 bits per heavy atom. The highest BCUT2D eigenvalue weighted by molar-refractivity contribution is 6.06. The number of hydrogen-bond donors (Lipinski definition) is 0. The van der Waals surface area contributed by atoms with Crippen LogP contribution < -0.4 is 9.47 Å². The number of carbonyl (C=O) groups excluding carboxylic acids is 2. The molecule has 0 aromatic heterocycles. The Balaban J connectivity index is 2.43. The molecule has 1 aromatic rings. The van der Waals surface area contributed by atoms with Crippen molar-refractivity contribution in [1.82, 2.24) is 4.90 Å². The molecule has 0 atom stereocenters. The van der Waals surface area contributed by atoms with Crippen molar-refractivity contribution in [3.63, 3.8) is 0 Å². The second-order valence-electron chi connectivity index (χ2n) is 4.32. The van der Waals surface area contributed by atoms with E-state index in [2.05, 4.69) is 0 Å². The maximum atomic E-state index is 12.3. The number of imide groups is 1. The molecule has 1 aromatic carbocycles. The molecule has 0 saturated heterocycles. The fraction of sp³-hybridized carbons (Fsp3) is 0.429. The van der Waals surface area contributed by atoms with Gasteiger partial charge in [0.15, 0.2) is 11.5 Å². The number of hydrogen-bond acceptors (Lipinski definition) is 4. The number of carbonyl (C=O) groups is 2. The lowest BCUT2D eigenvalue weighted by Crippen LogP contribution is -2.41. The van der Waals surface area contributed by atoms with Crippen LogP contribution in [-0.2, 0) is 11.2 Å². The summed E-state index contributed by atoms with van der Waals surface area (Å²) in [4.78, 5) is 25.3. The number of benzene rings is 1. The highest BCUT2D eigenvalue weighted by Crippen LogP contribution is 2.33. The van der Waals surface area contributed by atoms with E-state index < -0.39 is 0 Å². The van der Waals surface area contributed by atoms with Gasteiger partial charge in [0.2, 0.25) is 5.91 Å². The Hall–Kier alpha value is -2.04. The van der Waals surface area contributed by atoms with Gasteiger partial charge in [-0.15, -0.1) is 0 Å². The molecule has 5 nitrogen and oxygen atoms in total. The average Bonchev–Trinajstić information content (AvgIpc) is 2.45. The van der Waals surface area contributed by atoms with Crippen molar-refractivity contribution in [2.75, 3.05) is 20.8 Å². The highest BCUT2D eigenvalue weighted by Gasteiger charge is 2.29. The first-order valence-corrected chi connectivity index (χ1v) is 6.22. The van der Waals surface area contributed by atoms with Crippen LogP contribution in [0.1, 0.15) is 29.3 Å². The molecule has 0 radical (unpaired) electrons. The number of nitrogens with zero attached hydrogens (tertiary/aromatic N) is 1. The molecule has 0 bridgehead atoms. The Labute approximate surface area is 112 Å². The molecule has 0 saturated carbocycles. The molecule has 0 N–H and O–H groups in total. The van der Waals surface area contributed by atoms with Crippen molar-refractivity contribution in [3.05, 3.63) is 23.3 Å². The van der Waals surface area contributed by atoms with Gasteiger partial charge >= 0.3 is 0 Å². The maximum Gasteiger partial charge on any atom is 0.260 e. The second-order valence-corrected chi connectivity index (χ2v) is 4.32. The molecule has 2 amide bonds. The molecule has 19 heavy (non-hydrogen) atoms. The van der Waals surface area contributed by atoms with Crippen LogP contribution >= 0.6 is 0 Å². The zero-order chi connectivity index (χ0) is 14.0. The summed E-state index contributed by atoms with van der Waals surface area (Å²) in [6.07, 6.45) is 0.974. The highest BCUT2D eigenvalue weighted by atomic mass is 16.5. The van der Waals surface area contributed by atoms with Crippen molar-refractivity contribution in [2.45, 2.75) is 19.8 Å². The lowest BCUT2D eigenvalue weighted by Gasteiger charge is -2.27. The first kappa shape index (κ1) is 13.4. The van der Waals surface area contributed by atoms with Gasteiger partial charge < -0.3 is 9.47 Å². The lowest BCUT2D eigenvalue weighted by atomic mass is 9.98. The molecule has 1 aliphatic heterocycles. The molecule has 1 aliphatic rings. The minimum atomic E-state index is -0.256. The van der Waals surface area contributed by atoms with Gasteiger partial charge in [-0.1, -0.05) is 6.92 Å². The predicted octanol–water partition coefficient (Wildman–Crippen LogP) is 1.64. The van der Waals surface area contributed by atoms with E-state index >= 15 is 0 Å². The normalized spacial score (nSPS) is 14.1. The van der Waals surface area contributed by atoms with Crippen LogP contribution in [0.3, 0.4) is 0 Å². The van der Waals surface area contributed by atoms with E-state index in [4.69, 9.17) is 9.47 Å². The molecular formula is C14H17NO4. The molecule has 0 aliphatic carbocycles. The largest absolute Gasteiger partial charge is 0.493 e. The molecule has 2 rings (SSSR count). The third kappa shape index (κ3) is 2.28. The van der Waals surface area contributed by atoms with Crippen LogP contribution in [0.25, 0.3) is 0 Å². The molecule has 102 valence electrons. The van der Waals surface area contributed by atoms with E-state index in [0.29, 0.717) is 36.4 Å². The van der Waals surface area contributed by atoms with Gasteiger partial charge in [0, 0.05) is 18.5 Å². The minimum Gasteiger partial charge on any atom is -0.493 e. The van der Waals surface area contributed by atoms with Crippen LogP contribution in [0.4, 0.5) is 0 Å². The quantitative estimate of drug-likeness (QED) is 0.832. The van der Waals surface area contributed by atoms with Gasteiger partial charge in [0.05, 0.1) is 14.2 Å². The van der Waals surface area contributed by atoms with Gasteiger partial charge in [-0.05, 0) is 24.1 Å². The molecule has 0 fully saturated rings. The van der Waals surface area contributed by atoms with Crippen molar-refractivity contribution in [3.8, 4) is 11.5 Å². The zero-order valence-corrected chi connectivity index (χ0v) is 11.4. The third-order valence-corrected chi connectivity index (χ3v) is 3.29. The molecule has 0 unspecified atom stereocenters. The summed E-state index contributed by atoms with van der Waals surface area (Å²) in [7, 11) is 3.08. The van der Waals surface area contributed by atoms with Crippen molar-refractivity contribution in [2.24, 2.45) is 0 Å². The summed E-state index contributed by atoms with van der Waals surface area (Å²) in [5.74, 6) is 0.698. The van der Waals surface area contributed by atoms with Crippen LogP contribution in [0.15, 0.2) is 12.1 Å². The van der Waals surface area contributed by atoms with E-state index in [0.717, 1.165) is 5.56 Å². The zero-order valence-electron chi connectivity index (χ0n) is 11.4. The lowest BCUT2D eigenvalue weighted by molar-refractivity contribution is -0.128. The van der Waals surface area contributed by atoms with Gasteiger partial charge in [0.1, 0.15) is 0 Å². The van der Waals surface area contributed by atoms with Gasteiger partial charge in [0.25, 0.3) is 5.91 Å². The summed E-state index contributed by atoms with van der Waals surface area (Å²) in [6.45, 7) is 2.17. The van der Waals surface area contributed by atoms with E-state index in [1.807, 2.05) is 0 Å². The minimum absolute atomic E-state index is 0.148. The van der Waals surface area contributed by atoms with Crippen LogP contribution in [0, 0.1) is 0 Å². The van der Waals surface area contributed by atoms with E-state index in [1.54, 1.807) is 26.2 Å². The Kier molecular flexibility index (Phi) is 3.74. The number of amides is 2. The van der Waals surface area contributed by atoms with E-state index in [9.17, 15) is 9.59 Å². The van der Waals surface area contributed by atoms with E-state index in [-0.39, 0.29) is 11.8 Å². The number of rotatable bonds is 3. The first-order valence-electron chi connectivity index (χ1n) is 6.22. The van der Waals surface area contributed by atoms with Crippen LogP contribution in [0.2, 0.25) is 0 Å². The fourth-order valence-electron chi connectivity index (χ4n) is 2.24. The summed E-state index contributed by atoms with van der Waals surface area (Å²) < 4.78 is 10.4. The van der Waals surface area contributed by atoms with Gasteiger partial charge in [-0.2, -0.15) is 0 Å². The number of fused-ring (bicyclic) bond motifs is 1. The summed E-state index contributed by atoms with van der Waals surface area (Å²) in [6, 6.07) is 3.45. The average molecular weight is 263 g/mol. The Morgan fingerprint density at radius 3 is 2.47 bits per heavy atom. The summed E-state index contributed by atoms with van der Waals surface area (Å²) >= 11 is 0. The second kappa shape index (κ2) is 5.30. The fourth-order valence-corrected chi connectivity index (χ4v) is 2.24. The van der Waals surface area contributed by atoms with Crippen molar-refractivity contribution < 1.29 is 19.1 Å². The molecule has 5 heteroatoms. The van der Waals surface area contributed by atoms with E-state index in [1.165, 1.54) is 12.0 Å². The number of ether oxygens (including phenoxy) is 2.